The summed E-state index contributed by atoms with van der Waals surface area (Å²) in [4.78, 5) is 0. The van der Waals surface area contributed by atoms with Gasteiger partial charge in [0.2, 0.25) is 6.79 Å². The van der Waals surface area contributed by atoms with Crippen LogP contribution in [0.2, 0.25) is 0 Å². The van der Waals surface area contributed by atoms with Gasteiger partial charge in [-0.2, -0.15) is 0 Å². The lowest BCUT2D eigenvalue weighted by Crippen LogP contribution is -2.13. The minimum absolute atomic E-state index is 0.0912. The van der Waals surface area contributed by atoms with Crippen molar-refractivity contribution in [3.63, 3.8) is 0 Å². The Morgan fingerprint density at radius 1 is 1.35 bits per heavy atom. The van der Waals surface area contributed by atoms with Gasteiger partial charge in [0.25, 0.3) is 0 Å². The molecule has 1 unspecified atom stereocenters. The molecular formula is C13H16N4O2S. The van der Waals surface area contributed by atoms with E-state index >= 15 is 0 Å². The third-order valence-corrected chi connectivity index (χ3v) is 4.41. The van der Waals surface area contributed by atoms with Crippen molar-refractivity contribution in [2.24, 2.45) is 12.8 Å². The van der Waals surface area contributed by atoms with Crippen LogP contribution in [0.4, 0.5) is 0 Å². The van der Waals surface area contributed by atoms with Crippen LogP contribution in [0, 0.1) is 6.92 Å². The fraction of sp³-hybridized carbons (Fsp3) is 0.385. The van der Waals surface area contributed by atoms with Gasteiger partial charge in [-0.25, -0.2) is 0 Å². The number of aromatic nitrogens is 3. The quantitative estimate of drug-likeness (QED) is 0.864. The highest BCUT2D eigenvalue weighted by molar-refractivity contribution is 7.99. The molecule has 3 rings (SSSR count). The molecule has 1 atom stereocenters. The molecular weight excluding hydrogens is 276 g/mol. The second-order valence-corrected chi connectivity index (χ2v) is 5.61. The number of nitrogens with zero attached hydrogens (tertiary/aromatic N) is 3. The Morgan fingerprint density at radius 2 is 2.15 bits per heavy atom. The fourth-order valence-electron chi connectivity index (χ4n) is 1.92. The normalized spacial score (nSPS) is 14.6. The van der Waals surface area contributed by atoms with Gasteiger partial charge in [-0.05, 0) is 24.6 Å². The highest BCUT2D eigenvalue weighted by Gasteiger charge is 2.17. The standard InChI is InChI=1S/C13H16N4O2S/c1-8-15-16-13(17(8)2)20-6-10(14)9-3-4-11-12(5-9)19-7-18-11/h3-5,10H,6-7,14H2,1-2H3. The van der Waals surface area contributed by atoms with Gasteiger partial charge in [0.1, 0.15) is 5.82 Å². The predicted molar refractivity (Wildman–Crippen MR) is 76.0 cm³/mol. The minimum Gasteiger partial charge on any atom is -0.454 e. The van der Waals surface area contributed by atoms with Crippen LogP contribution in [-0.4, -0.2) is 27.3 Å². The Balaban J connectivity index is 1.67. The molecule has 0 amide bonds. The first-order valence-electron chi connectivity index (χ1n) is 6.29. The van der Waals surface area contributed by atoms with Gasteiger partial charge in [0, 0.05) is 18.8 Å². The second kappa shape index (κ2) is 5.34. The molecule has 0 saturated heterocycles. The molecule has 1 aliphatic heterocycles. The molecule has 0 saturated carbocycles. The summed E-state index contributed by atoms with van der Waals surface area (Å²) in [5.41, 5.74) is 7.25. The average Bonchev–Trinajstić information content (AvgIpc) is 3.04. The number of aryl methyl sites for hydroxylation is 1. The molecule has 1 aromatic heterocycles. The first kappa shape index (κ1) is 13.3. The number of thioether (sulfide) groups is 1. The summed E-state index contributed by atoms with van der Waals surface area (Å²) < 4.78 is 12.6. The molecule has 20 heavy (non-hydrogen) atoms. The topological polar surface area (TPSA) is 75.2 Å². The zero-order valence-electron chi connectivity index (χ0n) is 11.4. The number of benzene rings is 1. The Morgan fingerprint density at radius 3 is 2.90 bits per heavy atom. The van der Waals surface area contributed by atoms with E-state index in [1.165, 1.54) is 0 Å². The predicted octanol–water partition coefficient (Wildman–Crippen LogP) is 1.64. The first-order chi connectivity index (χ1) is 9.65. The summed E-state index contributed by atoms with van der Waals surface area (Å²) in [5, 5.41) is 9.02. The average molecular weight is 292 g/mol. The third-order valence-electron chi connectivity index (χ3n) is 3.27. The minimum atomic E-state index is -0.0912. The van der Waals surface area contributed by atoms with Crippen LogP contribution in [0.25, 0.3) is 0 Å². The summed E-state index contributed by atoms with van der Waals surface area (Å²) >= 11 is 1.60. The smallest absolute Gasteiger partial charge is 0.231 e. The largest absolute Gasteiger partial charge is 0.454 e. The lowest BCUT2D eigenvalue weighted by Gasteiger charge is -2.12. The molecule has 2 heterocycles. The van der Waals surface area contributed by atoms with Crippen molar-refractivity contribution < 1.29 is 9.47 Å². The van der Waals surface area contributed by atoms with Crippen molar-refractivity contribution in [1.29, 1.82) is 0 Å². The van der Waals surface area contributed by atoms with E-state index < -0.39 is 0 Å². The molecule has 0 radical (unpaired) electrons. The van der Waals surface area contributed by atoms with Crippen LogP contribution in [0.3, 0.4) is 0 Å². The van der Waals surface area contributed by atoms with E-state index in [0.29, 0.717) is 0 Å². The second-order valence-electron chi connectivity index (χ2n) is 4.62. The van der Waals surface area contributed by atoms with Crippen LogP contribution >= 0.6 is 11.8 Å². The van der Waals surface area contributed by atoms with Crippen LogP contribution in [0.1, 0.15) is 17.4 Å². The van der Waals surface area contributed by atoms with E-state index in [4.69, 9.17) is 15.2 Å². The molecule has 0 spiro atoms. The van der Waals surface area contributed by atoms with Gasteiger partial charge in [0.05, 0.1) is 0 Å². The zero-order chi connectivity index (χ0) is 14.1. The summed E-state index contributed by atoms with van der Waals surface area (Å²) in [7, 11) is 1.95. The summed E-state index contributed by atoms with van der Waals surface area (Å²) in [6.45, 7) is 2.20. The maximum absolute atomic E-state index is 6.22. The van der Waals surface area contributed by atoms with E-state index in [0.717, 1.165) is 33.8 Å². The first-order valence-corrected chi connectivity index (χ1v) is 7.27. The number of nitrogens with two attached hydrogens (primary N) is 1. The van der Waals surface area contributed by atoms with Crippen molar-refractivity contribution in [2.45, 2.75) is 18.1 Å². The van der Waals surface area contributed by atoms with Gasteiger partial charge in [0.15, 0.2) is 16.7 Å². The van der Waals surface area contributed by atoms with Crippen LogP contribution < -0.4 is 15.2 Å². The van der Waals surface area contributed by atoms with Gasteiger partial charge < -0.3 is 19.8 Å². The molecule has 0 fully saturated rings. The Bertz CT molecular complexity index is 629. The molecule has 7 heteroatoms. The number of rotatable bonds is 4. The SMILES string of the molecule is Cc1nnc(SCC(N)c2ccc3c(c2)OCO3)n1C. The zero-order valence-corrected chi connectivity index (χ0v) is 12.2. The molecule has 1 aromatic carbocycles. The number of ether oxygens (including phenoxy) is 2. The number of fused-ring (bicyclic) bond motifs is 1. The van der Waals surface area contributed by atoms with Crippen molar-refractivity contribution in [1.82, 2.24) is 14.8 Å². The number of hydrogen-bond donors (Lipinski definition) is 1. The van der Waals surface area contributed by atoms with Crippen LogP contribution in [-0.2, 0) is 7.05 Å². The van der Waals surface area contributed by atoms with Crippen molar-refractivity contribution in [3.8, 4) is 11.5 Å². The monoisotopic (exact) mass is 292 g/mol. The van der Waals surface area contributed by atoms with E-state index in [1.807, 2.05) is 36.7 Å². The molecule has 2 aromatic rings. The Kier molecular flexibility index (Phi) is 3.54. The maximum atomic E-state index is 6.22. The van der Waals surface area contributed by atoms with Gasteiger partial charge >= 0.3 is 0 Å². The lowest BCUT2D eigenvalue weighted by molar-refractivity contribution is 0.174. The van der Waals surface area contributed by atoms with Gasteiger partial charge in [-0.3, -0.25) is 0 Å². The Hall–Kier alpha value is -1.73. The van der Waals surface area contributed by atoms with Crippen LogP contribution in [0.5, 0.6) is 11.5 Å². The van der Waals surface area contributed by atoms with Crippen LogP contribution in [0.15, 0.2) is 23.4 Å². The molecule has 0 aliphatic carbocycles. The van der Waals surface area contributed by atoms with E-state index in [-0.39, 0.29) is 12.8 Å². The maximum Gasteiger partial charge on any atom is 0.231 e. The fourth-order valence-corrected chi connectivity index (χ4v) is 2.86. The molecule has 6 nitrogen and oxygen atoms in total. The van der Waals surface area contributed by atoms with E-state index in [1.54, 1.807) is 11.8 Å². The highest BCUT2D eigenvalue weighted by atomic mass is 32.2. The summed E-state index contributed by atoms with van der Waals surface area (Å²) in [5.74, 6) is 3.16. The molecule has 106 valence electrons. The summed E-state index contributed by atoms with van der Waals surface area (Å²) in [6.07, 6.45) is 0. The third kappa shape index (κ3) is 2.46. The van der Waals surface area contributed by atoms with Gasteiger partial charge in [-0.15, -0.1) is 10.2 Å². The van der Waals surface area contributed by atoms with Crippen molar-refractivity contribution in [3.05, 3.63) is 29.6 Å². The molecule has 2 N–H and O–H groups in total. The Labute approximate surface area is 121 Å². The highest BCUT2D eigenvalue weighted by Crippen LogP contribution is 2.34. The summed E-state index contributed by atoms with van der Waals surface area (Å²) in [6, 6.07) is 5.72. The van der Waals surface area contributed by atoms with Gasteiger partial charge in [-0.1, -0.05) is 17.8 Å². The van der Waals surface area contributed by atoms with E-state index in [9.17, 15) is 0 Å². The van der Waals surface area contributed by atoms with Crippen molar-refractivity contribution in [2.75, 3.05) is 12.5 Å². The number of hydrogen-bond acceptors (Lipinski definition) is 6. The molecule has 1 aliphatic rings. The van der Waals surface area contributed by atoms with E-state index in [2.05, 4.69) is 10.2 Å². The van der Waals surface area contributed by atoms with Crippen molar-refractivity contribution >= 4 is 11.8 Å². The lowest BCUT2D eigenvalue weighted by atomic mass is 10.1. The molecule has 0 bridgehead atoms.